The minimum Gasteiger partial charge on any atom is -0.482 e. The minimum absolute atomic E-state index is 0.0190. The van der Waals surface area contributed by atoms with Gasteiger partial charge in [0.05, 0.1) is 19.3 Å². The molecule has 2 aliphatic heterocycles. The number of hydrogen-bond donors (Lipinski definition) is 2. The predicted molar refractivity (Wildman–Crippen MR) is 89.1 cm³/mol. The third-order valence-corrected chi connectivity index (χ3v) is 5.87. The van der Waals surface area contributed by atoms with E-state index in [-0.39, 0.29) is 35.2 Å². The van der Waals surface area contributed by atoms with E-state index in [1.165, 1.54) is 23.9 Å². The molecule has 2 aromatic rings. The normalized spacial score (nSPS) is 23.1. The largest absolute Gasteiger partial charge is 0.482 e. The van der Waals surface area contributed by atoms with E-state index >= 15 is 0 Å². The molecule has 3 heterocycles. The summed E-state index contributed by atoms with van der Waals surface area (Å²) in [7, 11) is -2.44. The van der Waals surface area contributed by atoms with Crippen molar-refractivity contribution >= 4 is 21.6 Å². The molecule has 1 amide bonds. The van der Waals surface area contributed by atoms with Gasteiger partial charge in [0, 0.05) is 25.0 Å². The van der Waals surface area contributed by atoms with Crippen molar-refractivity contribution in [1.29, 1.82) is 0 Å². The van der Waals surface area contributed by atoms with Crippen molar-refractivity contribution in [3.05, 3.63) is 41.7 Å². The van der Waals surface area contributed by atoms with Crippen LogP contribution in [-0.4, -0.2) is 44.3 Å². The Morgan fingerprint density at radius 1 is 1.30 bits per heavy atom. The van der Waals surface area contributed by atoms with Crippen molar-refractivity contribution in [2.75, 3.05) is 18.5 Å². The van der Waals surface area contributed by atoms with Gasteiger partial charge in [-0.1, -0.05) is 0 Å². The Hall–Kier alpha value is -2.50. The molecule has 1 fully saturated rings. The van der Waals surface area contributed by atoms with Gasteiger partial charge in [-0.05, 0) is 12.1 Å². The van der Waals surface area contributed by atoms with Gasteiger partial charge in [0.15, 0.2) is 23.1 Å². The van der Waals surface area contributed by atoms with E-state index in [9.17, 15) is 22.0 Å². The molecule has 1 aromatic heterocycles. The maximum Gasteiger partial charge on any atom is 0.276 e. The quantitative estimate of drug-likeness (QED) is 0.785. The fraction of sp³-hybridized carbons (Fsp3) is 0.312. The number of rotatable bonds is 2. The topological polar surface area (TPSA) is 98.7 Å². The first-order chi connectivity index (χ1) is 12.8. The smallest absolute Gasteiger partial charge is 0.276 e. The second-order valence-electron chi connectivity index (χ2n) is 6.29. The second kappa shape index (κ2) is 6.29. The Labute approximate surface area is 153 Å². The average Bonchev–Trinajstić information content (AvgIpc) is 3.13. The molecule has 8 nitrogen and oxygen atoms in total. The lowest BCUT2D eigenvalue weighted by molar-refractivity contribution is 0.100. The molecule has 1 aromatic carbocycles. The first-order valence-electron chi connectivity index (χ1n) is 7.99. The number of aromatic nitrogens is 1. The van der Waals surface area contributed by atoms with E-state index in [0.717, 1.165) is 12.1 Å². The Kier molecular flexibility index (Phi) is 4.17. The molecule has 1 saturated heterocycles. The van der Waals surface area contributed by atoms with Gasteiger partial charge in [0.25, 0.3) is 5.91 Å². The monoisotopic (exact) mass is 399 g/mol. The van der Waals surface area contributed by atoms with Crippen LogP contribution in [0.3, 0.4) is 0 Å². The number of nitrogens with zero attached hydrogens (tertiary/aromatic N) is 1. The zero-order valence-corrected chi connectivity index (χ0v) is 14.8. The summed E-state index contributed by atoms with van der Waals surface area (Å²) >= 11 is 0. The highest BCUT2D eigenvalue weighted by Gasteiger charge is 2.42. The summed E-state index contributed by atoms with van der Waals surface area (Å²) in [5.74, 6) is -3.00. The van der Waals surface area contributed by atoms with Crippen LogP contribution in [0.25, 0.3) is 0 Å². The molecule has 0 spiro atoms. The molecule has 2 atom stereocenters. The van der Waals surface area contributed by atoms with Crippen LogP contribution in [0.15, 0.2) is 29.3 Å². The summed E-state index contributed by atoms with van der Waals surface area (Å²) in [5.41, 5.74) is -0.0433. The number of anilines is 1. The van der Waals surface area contributed by atoms with Gasteiger partial charge in [-0.15, -0.1) is 0 Å². The van der Waals surface area contributed by atoms with Crippen LogP contribution in [0, 0.1) is 11.6 Å². The number of benzene rings is 1. The van der Waals surface area contributed by atoms with Gasteiger partial charge < -0.3 is 19.4 Å². The second-order valence-corrected chi connectivity index (χ2v) is 7.97. The Balaban J connectivity index is 1.73. The highest BCUT2D eigenvalue weighted by molar-refractivity contribution is 7.89. The molecule has 4 rings (SSSR count). The number of ether oxygens (including phenoxy) is 2. The maximum atomic E-state index is 13.4. The molecule has 144 valence electrons. The molecule has 0 unspecified atom stereocenters. The number of halogens is 2. The number of amides is 1. The fourth-order valence-electron chi connectivity index (χ4n) is 3.08. The summed E-state index contributed by atoms with van der Waals surface area (Å²) in [6.07, 6.45) is 0.679. The number of carbonyl (C=O) groups is 1. The van der Waals surface area contributed by atoms with E-state index in [2.05, 4.69) is 10.0 Å². The summed E-state index contributed by atoms with van der Waals surface area (Å²) in [5, 5.41) is 2.42. The van der Waals surface area contributed by atoms with E-state index in [0.29, 0.717) is 0 Å². The molecular formula is C16H15F2N3O5S. The van der Waals surface area contributed by atoms with Gasteiger partial charge in [-0.2, -0.15) is 0 Å². The SMILES string of the molecule is Cn1cc2c(c1C(=O)Nc1ccc(F)c(F)c1)O[C@H]1COC[C@@H]1NS2(=O)=O. The van der Waals surface area contributed by atoms with Crippen molar-refractivity contribution in [3.8, 4) is 5.75 Å². The van der Waals surface area contributed by atoms with Crippen molar-refractivity contribution in [3.63, 3.8) is 0 Å². The first-order valence-corrected chi connectivity index (χ1v) is 9.47. The highest BCUT2D eigenvalue weighted by atomic mass is 32.2. The molecule has 0 aliphatic carbocycles. The Bertz CT molecular complexity index is 1040. The van der Waals surface area contributed by atoms with Crippen LogP contribution in [0.2, 0.25) is 0 Å². The van der Waals surface area contributed by atoms with Gasteiger partial charge >= 0.3 is 0 Å². The van der Waals surface area contributed by atoms with Crippen LogP contribution < -0.4 is 14.8 Å². The lowest BCUT2D eigenvalue weighted by atomic mass is 10.2. The van der Waals surface area contributed by atoms with Crippen molar-refractivity contribution in [2.24, 2.45) is 7.05 Å². The van der Waals surface area contributed by atoms with Gasteiger partial charge in [-0.25, -0.2) is 21.9 Å². The van der Waals surface area contributed by atoms with Crippen molar-refractivity contribution < 1.29 is 31.5 Å². The highest BCUT2D eigenvalue weighted by Crippen LogP contribution is 2.35. The van der Waals surface area contributed by atoms with Crippen LogP contribution in [0.4, 0.5) is 14.5 Å². The van der Waals surface area contributed by atoms with Gasteiger partial charge in [0.1, 0.15) is 11.0 Å². The van der Waals surface area contributed by atoms with E-state index in [1.54, 1.807) is 0 Å². The van der Waals surface area contributed by atoms with Crippen molar-refractivity contribution in [2.45, 2.75) is 17.0 Å². The molecule has 27 heavy (non-hydrogen) atoms. The molecule has 2 N–H and O–H groups in total. The third-order valence-electron chi connectivity index (χ3n) is 4.39. The Morgan fingerprint density at radius 3 is 2.81 bits per heavy atom. The van der Waals surface area contributed by atoms with E-state index in [4.69, 9.17) is 9.47 Å². The van der Waals surface area contributed by atoms with Crippen LogP contribution in [0.1, 0.15) is 10.5 Å². The number of sulfonamides is 1. The molecule has 0 bridgehead atoms. The predicted octanol–water partition coefficient (Wildman–Crippen LogP) is 0.994. The van der Waals surface area contributed by atoms with Crippen molar-refractivity contribution in [1.82, 2.24) is 9.29 Å². The van der Waals surface area contributed by atoms with Crippen LogP contribution in [0.5, 0.6) is 5.75 Å². The molecule has 11 heteroatoms. The number of aryl methyl sites for hydroxylation is 1. The Morgan fingerprint density at radius 2 is 2.07 bits per heavy atom. The molecular weight excluding hydrogens is 384 g/mol. The first kappa shape index (κ1) is 17.9. The minimum atomic E-state index is -3.92. The lowest BCUT2D eigenvalue weighted by Gasteiger charge is -2.16. The van der Waals surface area contributed by atoms with E-state index in [1.807, 2.05) is 0 Å². The van der Waals surface area contributed by atoms with Gasteiger partial charge in [0.2, 0.25) is 10.0 Å². The molecule has 0 radical (unpaired) electrons. The zero-order chi connectivity index (χ0) is 19.3. The van der Waals surface area contributed by atoms with Crippen LogP contribution >= 0.6 is 0 Å². The van der Waals surface area contributed by atoms with Crippen LogP contribution in [-0.2, 0) is 21.8 Å². The summed E-state index contributed by atoms with van der Waals surface area (Å²) in [6.45, 7) is 0.336. The molecule has 2 aliphatic rings. The number of carbonyl (C=O) groups excluding carboxylic acids is 1. The lowest BCUT2D eigenvalue weighted by Crippen LogP contribution is -2.42. The average molecular weight is 399 g/mol. The third kappa shape index (κ3) is 3.07. The van der Waals surface area contributed by atoms with Gasteiger partial charge in [-0.3, -0.25) is 4.79 Å². The fourth-order valence-corrected chi connectivity index (χ4v) is 4.51. The number of hydrogen-bond acceptors (Lipinski definition) is 5. The zero-order valence-electron chi connectivity index (χ0n) is 14.0. The van der Waals surface area contributed by atoms with E-state index < -0.39 is 39.7 Å². The standard InChI is InChI=1S/C16H15F2N3O5S/c1-21-5-13-15(26-12-7-25-6-11(12)20-27(13,23)24)14(21)16(22)19-8-2-3-9(17)10(18)4-8/h2-5,11-12,20H,6-7H2,1H3,(H,19,22)/t11-,12-/m0/s1. The summed E-state index contributed by atoms with van der Waals surface area (Å²) in [6, 6.07) is 2.34. The summed E-state index contributed by atoms with van der Waals surface area (Å²) in [4.78, 5) is 12.5. The maximum absolute atomic E-state index is 13.4. The number of fused-ring (bicyclic) bond motifs is 2. The molecule has 0 saturated carbocycles. The summed E-state index contributed by atoms with van der Waals surface area (Å²) < 4.78 is 66.4. The number of nitrogens with one attached hydrogen (secondary N) is 2.